The Bertz CT molecular complexity index is 1300. The van der Waals surface area contributed by atoms with Crippen LogP contribution in [-0.4, -0.2) is 41.3 Å². The molecule has 2 N–H and O–H groups in total. The summed E-state index contributed by atoms with van der Waals surface area (Å²) in [5, 5.41) is 24.8. The molecule has 35 heavy (non-hydrogen) atoms. The Morgan fingerprint density at radius 3 is 2.60 bits per heavy atom. The number of nitrogens with zero attached hydrogens (tertiary/aromatic N) is 3. The van der Waals surface area contributed by atoms with Gasteiger partial charge in [0.25, 0.3) is 5.91 Å². The van der Waals surface area contributed by atoms with Crippen molar-refractivity contribution < 1.29 is 14.3 Å². The van der Waals surface area contributed by atoms with E-state index in [1.54, 1.807) is 24.3 Å². The van der Waals surface area contributed by atoms with Crippen LogP contribution in [0.1, 0.15) is 49.1 Å². The van der Waals surface area contributed by atoms with E-state index < -0.39 is 17.5 Å². The maximum absolute atomic E-state index is 13.1. The molecule has 1 atom stereocenters. The van der Waals surface area contributed by atoms with Crippen molar-refractivity contribution in [2.75, 3.05) is 19.6 Å². The van der Waals surface area contributed by atoms with Crippen molar-refractivity contribution in [2.45, 2.75) is 38.0 Å². The van der Waals surface area contributed by atoms with Crippen LogP contribution in [0.15, 0.2) is 68.9 Å². The SMILES string of the molecule is N#CCC(=O)N/N=C(\CCN1CCCC1)C[C@H](c1ccccc1)c1c(O)c2ccccc2oc1=O. The fourth-order valence-electron chi connectivity index (χ4n) is 4.51. The van der Waals surface area contributed by atoms with E-state index in [1.807, 2.05) is 36.4 Å². The van der Waals surface area contributed by atoms with Crippen LogP contribution in [-0.2, 0) is 4.79 Å². The molecule has 180 valence electrons. The number of nitriles is 1. The second kappa shape index (κ2) is 11.4. The molecule has 0 unspecified atom stereocenters. The molecule has 8 nitrogen and oxygen atoms in total. The quantitative estimate of drug-likeness (QED) is 0.277. The van der Waals surface area contributed by atoms with E-state index in [2.05, 4.69) is 15.4 Å². The summed E-state index contributed by atoms with van der Waals surface area (Å²) in [6.45, 7) is 2.81. The first-order valence-corrected chi connectivity index (χ1v) is 11.8. The number of benzene rings is 2. The molecule has 0 aliphatic carbocycles. The molecule has 0 bridgehead atoms. The molecule has 3 aromatic rings. The smallest absolute Gasteiger partial charge is 0.343 e. The molecule has 2 aromatic carbocycles. The van der Waals surface area contributed by atoms with Gasteiger partial charge in [-0.15, -0.1) is 0 Å². The molecule has 1 aliphatic heterocycles. The van der Waals surface area contributed by atoms with Gasteiger partial charge in [0.2, 0.25) is 0 Å². The van der Waals surface area contributed by atoms with Crippen LogP contribution in [0, 0.1) is 11.3 Å². The highest BCUT2D eigenvalue weighted by atomic mass is 16.4. The number of hydrazone groups is 1. The van der Waals surface area contributed by atoms with E-state index in [-0.39, 0.29) is 17.7 Å². The second-order valence-corrected chi connectivity index (χ2v) is 8.66. The Hall–Kier alpha value is -3.96. The number of hydrogen-bond donors (Lipinski definition) is 2. The fourth-order valence-corrected chi connectivity index (χ4v) is 4.51. The summed E-state index contributed by atoms with van der Waals surface area (Å²) in [6, 6.07) is 18.1. The number of para-hydroxylation sites is 1. The minimum absolute atomic E-state index is 0.113. The van der Waals surface area contributed by atoms with Gasteiger partial charge in [-0.1, -0.05) is 42.5 Å². The van der Waals surface area contributed by atoms with Crippen LogP contribution in [0.25, 0.3) is 11.0 Å². The van der Waals surface area contributed by atoms with Crippen molar-refractivity contribution in [3.63, 3.8) is 0 Å². The van der Waals surface area contributed by atoms with Crippen molar-refractivity contribution in [1.29, 1.82) is 5.26 Å². The molecule has 0 radical (unpaired) electrons. The third-order valence-corrected chi connectivity index (χ3v) is 6.30. The molecule has 1 fully saturated rings. The molecule has 8 heteroatoms. The number of amides is 1. The van der Waals surface area contributed by atoms with Crippen molar-refractivity contribution in [2.24, 2.45) is 5.10 Å². The summed E-state index contributed by atoms with van der Waals surface area (Å²) < 4.78 is 5.56. The molecule has 1 amide bonds. The largest absolute Gasteiger partial charge is 0.507 e. The number of aromatic hydroxyl groups is 1. The molecular weight excluding hydrogens is 444 g/mol. The third-order valence-electron chi connectivity index (χ3n) is 6.30. The highest BCUT2D eigenvalue weighted by Crippen LogP contribution is 2.36. The molecule has 4 rings (SSSR count). The fraction of sp³-hybridized carbons (Fsp3) is 0.333. The molecule has 0 saturated carbocycles. The van der Waals surface area contributed by atoms with E-state index in [0.29, 0.717) is 29.5 Å². The lowest BCUT2D eigenvalue weighted by atomic mass is 9.86. The van der Waals surface area contributed by atoms with Gasteiger partial charge in [0.05, 0.1) is 17.0 Å². The lowest BCUT2D eigenvalue weighted by molar-refractivity contribution is -0.120. The summed E-state index contributed by atoms with van der Waals surface area (Å²) >= 11 is 0. The molecule has 1 aromatic heterocycles. The van der Waals surface area contributed by atoms with Crippen molar-refractivity contribution in [3.05, 3.63) is 76.1 Å². The Morgan fingerprint density at radius 2 is 1.86 bits per heavy atom. The lowest BCUT2D eigenvalue weighted by Crippen LogP contribution is -2.26. The van der Waals surface area contributed by atoms with Gasteiger partial charge >= 0.3 is 5.63 Å². The highest BCUT2D eigenvalue weighted by molar-refractivity contribution is 5.89. The van der Waals surface area contributed by atoms with Gasteiger partial charge < -0.3 is 14.4 Å². The third kappa shape index (κ3) is 5.94. The Labute approximate surface area is 203 Å². The van der Waals surface area contributed by atoms with Gasteiger partial charge in [-0.2, -0.15) is 10.4 Å². The van der Waals surface area contributed by atoms with Crippen LogP contribution in [0.4, 0.5) is 0 Å². The van der Waals surface area contributed by atoms with Gasteiger partial charge in [-0.3, -0.25) is 4.79 Å². The van der Waals surface area contributed by atoms with Crippen LogP contribution in [0.5, 0.6) is 5.75 Å². The highest BCUT2D eigenvalue weighted by Gasteiger charge is 2.26. The molecule has 1 saturated heterocycles. The Balaban J connectivity index is 1.72. The second-order valence-electron chi connectivity index (χ2n) is 8.66. The lowest BCUT2D eigenvalue weighted by Gasteiger charge is -2.21. The van der Waals surface area contributed by atoms with Crippen LogP contribution < -0.4 is 11.1 Å². The van der Waals surface area contributed by atoms with Gasteiger partial charge in [-0.25, -0.2) is 10.2 Å². The summed E-state index contributed by atoms with van der Waals surface area (Å²) in [6.07, 6.45) is 2.89. The van der Waals surface area contributed by atoms with Crippen LogP contribution >= 0.6 is 0 Å². The predicted octanol–water partition coefficient (Wildman–Crippen LogP) is 3.89. The molecular formula is C27H28N4O4. The Kier molecular flexibility index (Phi) is 7.91. The van der Waals surface area contributed by atoms with Crippen molar-refractivity contribution in [3.8, 4) is 11.8 Å². The van der Waals surface area contributed by atoms with E-state index in [1.165, 1.54) is 0 Å². The number of carbonyl (C=O) groups excluding carboxylic acids is 1. The van der Waals surface area contributed by atoms with Crippen LogP contribution in [0.2, 0.25) is 0 Å². The van der Waals surface area contributed by atoms with Gasteiger partial charge in [0.1, 0.15) is 17.8 Å². The number of fused-ring (bicyclic) bond motifs is 1. The van der Waals surface area contributed by atoms with E-state index in [9.17, 15) is 14.7 Å². The summed E-state index contributed by atoms with van der Waals surface area (Å²) in [5.41, 5.74) is 3.83. The maximum Gasteiger partial charge on any atom is 0.343 e. The first-order valence-electron chi connectivity index (χ1n) is 11.8. The zero-order valence-corrected chi connectivity index (χ0v) is 19.4. The number of likely N-dealkylation sites (tertiary alicyclic amines) is 1. The number of hydrogen-bond acceptors (Lipinski definition) is 7. The van der Waals surface area contributed by atoms with Crippen molar-refractivity contribution in [1.82, 2.24) is 10.3 Å². The standard InChI is InChI=1S/C27H28N4O4/c28-14-12-24(32)30-29-20(13-17-31-15-6-7-16-31)18-22(19-8-2-1-3-9-19)25-26(33)21-10-4-5-11-23(21)35-27(25)34/h1-5,8-11,22,33H,6-7,12-13,15-18H2,(H,30,32)/b29-20+/t22-/m1/s1. The molecule has 1 aliphatic rings. The zero-order chi connectivity index (χ0) is 24.6. The predicted molar refractivity (Wildman–Crippen MR) is 133 cm³/mol. The van der Waals surface area contributed by atoms with E-state index in [4.69, 9.17) is 9.68 Å². The summed E-state index contributed by atoms with van der Waals surface area (Å²) in [5.74, 6) is -1.14. The number of rotatable bonds is 9. The average molecular weight is 473 g/mol. The van der Waals surface area contributed by atoms with Crippen molar-refractivity contribution >= 4 is 22.6 Å². The van der Waals surface area contributed by atoms with Gasteiger partial charge in [0, 0.05) is 24.6 Å². The minimum Gasteiger partial charge on any atom is -0.507 e. The van der Waals surface area contributed by atoms with Gasteiger partial charge in [0.15, 0.2) is 0 Å². The van der Waals surface area contributed by atoms with E-state index in [0.717, 1.165) is 38.0 Å². The maximum atomic E-state index is 13.1. The summed E-state index contributed by atoms with van der Waals surface area (Å²) in [7, 11) is 0. The minimum atomic E-state index is -0.609. The first-order chi connectivity index (χ1) is 17.1. The normalized spacial score (nSPS) is 15.1. The Morgan fingerprint density at radius 1 is 1.14 bits per heavy atom. The molecule has 2 heterocycles. The number of nitrogens with one attached hydrogen (secondary N) is 1. The van der Waals surface area contributed by atoms with E-state index >= 15 is 0 Å². The monoisotopic (exact) mass is 472 g/mol. The van der Waals surface area contributed by atoms with Gasteiger partial charge in [-0.05, 0) is 50.0 Å². The molecule has 0 spiro atoms. The van der Waals surface area contributed by atoms with Crippen LogP contribution in [0.3, 0.4) is 0 Å². The average Bonchev–Trinajstić information content (AvgIpc) is 3.39. The zero-order valence-electron chi connectivity index (χ0n) is 19.4. The first kappa shape index (κ1) is 24.2. The topological polar surface area (TPSA) is 119 Å². The summed E-state index contributed by atoms with van der Waals surface area (Å²) in [4.78, 5) is 27.4. The number of carbonyl (C=O) groups is 1.